The summed E-state index contributed by atoms with van der Waals surface area (Å²) in [6, 6.07) is 10.9. The summed E-state index contributed by atoms with van der Waals surface area (Å²) in [5, 5.41) is 17.4. The molecule has 2 atom stereocenters. The Morgan fingerprint density at radius 1 is 1.30 bits per heavy atom. The van der Waals surface area contributed by atoms with Crippen molar-refractivity contribution in [2.45, 2.75) is 26.0 Å². The monoisotopic (exact) mass is 334 g/mol. The molecule has 0 aliphatic heterocycles. The maximum absolute atomic E-state index is 11.9. The van der Waals surface area contributed by atoms with Crippen LogP contribution in [0.5, 0.6) is 5.75 Å². The van der Waals surface area contributed by atoms with E-state index >= 15 is 0 Å². The fourth-order valence-corrected chi connectivity index (χ4v) is 2.83. The zero-order valence-electron chi connectivity index (χ0n) is 13.3. The number of benzene rings is 1. The highest BCUT2D eigenvalue weighted by Gasteiger charge is 2.12. The molecule has 1 aromatic heterocycles. The highest BCUT2D eigenvalue weighted by Crippen LogP contribution is 2.19. The fourth-order valence-electron chi connectivity index (χ4n) is 2.12. The van der Waals surface area contributed by atoms with Crippen molar-refractivity contribution in [2.75, 3.05) is 13.2 Å². The molecule has 0 radical (unpaired) electrons. The maximum atomic E-state index is 11.9. The number of hydrogen-bond donors (Lipinski definition) is 3. The van der Waals surface area contributed by atoms with Gasteiger partial charge in [-0.15, -0.1) is 11.3 Å². The van der Waals surface area contributed by atoms with Gasteiger partial charge in [0.2, 0.25) is 0 Å². The van der Waals surface area contributed by atoms with Gasteiger partial charge < -0.3 is 20.5 Å². The smallest absolute Gasteiger partial charge is 0.315 e. The first-order chi connectivity index (χ1) is 11.1. The third-order valence-corrected chi connectivity index (χ3v) is 4.34. The molecule has 6 heteroatoms. The SMILES string of the molecule is CCOc1ccc([C@@H](C)NC(=O)NC[C@H](O)c2cccs2)cc1. The molecule has 0 saturated carbocycles. The first-order valence-corrected chi connectivity index (χ1v) is 8.46. The van der Waals surface area contributed by atoms with E-state index in [-0.39, 0.29) is 18.6 Å². The maximum Gasteiger partial charge on any atom is 0.315 e. The average molecular weight is 334 g/mol. The van der Waals surface area contributed by atoms with Gasteiger partial charge in [-0.25, -0.2) is 4.79 Å². The molecule has 2 amide bonds. The number of urea groups is 1. The Hall–Kier alpha value is -2.05. The number of thiophene rings is 1. The first-order valence-electron chi connectivity index (χ1n) is 7.58. The van der Waals surface area contributed by atoms with Crippen molar-refractivity contribution in [2.24, 2.45) is 0 Å². The molecular formula is C17H22N2O3S. The number of carbonyl (C=O) groups excluding carboxylic acids is 1. The van der Waals surface area contributed by atoms with Gasteiger partial charge in [-0.1, -0.05) is 18.2 Å². The van der Waals surface area contributed by atoms with Crippen LogP contribution in [0.15, 0.2) is 41.8 Å². The van der Waals surface area contributed by atoms with Crippen molar-refractivity contribution >= 4 is 17.4 Å². The summed E-state index contributed by atoms with van der Waals surface area (Å²) in [4.78, 5) is 12.8. The van der Waals surface area contributed by atoms with Gasteiger partial charge >= 0.3 is 6.03 Å². The number of ether oxygens (including phenoxy) is 1. The van der Waals surface area contributed by atoms with E-state index in [0.29, 0.717) is 6.61 Å². The molecule has 23 heavy (non-hydrogen) atoms. The number of amides is 2. The molecule has 3 N–H and O–H groups in total. The Labute approximate surface area is 140 Å². The van der Waals surface area contributed by atoms with Crippen LogP contribution in [0.25, 0.3) is 0 Å². The van der Waals surface area contributed by atoms with Gasteiger partial charge in [0.25, 0.3) is 0 Å². The molecule has 0 spiro atoms. The van der Waals surface area contributed by atoms with E-state index in [4.69, 9.17) is 4.74 Å². The lowest BCUT2D eigenvalue weighted by Gasteiger charge is -2.16. The topological polar surface area (TPSA) is 70.6 Å². The largest absolute Gasteiger partial charge is 0.494 e. The van der Waals surface area contributed by atoms with Crippen LogP contribution in [0, 0.1) is 0 Å². The second-order valence-electron chi connectivity index (χ2n) is 5.11. The van der Waals surface area contributed by atoms with Gasteiger partial charge in [0.05, 0.1) is 19.2 Å². The molecular weight excluding hydrogens is 312 g/mol. The molecule has 0 aliphatic rings. The van der Waals surface area contributed by atoms with E-state index in [1.807, 2.05) is 55.6 Å². The van der Waals surface area contributed by atoms with Crippen molar-refractivity contribution in [3.63, 3.8) is 0 Å². The summed E-state index contributed by atoms with van der Waals surface area (Å²) in [7, 11) is 0. The van der Waals surface area contributed by atoms with Crippen molar-refractivity contribution in [3.8, 4) is 5.75 Å². The first kappa shape index (κ1) is 17.3. The molecule has 0 bridgehead atoms. The Morgan fingerprint density at radius 3 is 2.65 bits per heavy atom. The van der Waals surface area contributed by atoms with Gasteiger partial charge in [-0.3, -0.25) is 0 Å². The van der Waals surface area contributed by atoms with Crippen LogP contribution < -0.4 is 15.4 Å². The van der Waals surface area contributed by atoms with Crippen LogP contribution >= 0.6 is 11.3 Å². The van der Waals surface area contributed by atoms with Gasteiger partial charge in [-0.05, 0) is 43.0 Å². The molecule has 1 aromatic carbocycles. The highest BCUT2D eigenvalue weighted by atomic mass is 32.1. The van der Waals surface area contributed by atoms with Crippen LogP contribution in [0.3, 0.4) is 0 Å². The molecule has 0 aliphatic carbocycles. The molecule has 0 saturated heterocycles. The van der Waals surface area contributed by atoms with Gasteiger partial charge in [0.15, 0.2) is 0 Å². The lowest BCUT2D eigenvalue weighted by Crippen LogP contribution is -2.38. The molecule has 2 rings (SSSR count). The Bertz CT molecular complexity index is 599. The normalized spacial score (nSPS) is 13.2. The minimum atomic E-state index is -0.679. The second kappa shape index (κ2) is 8.55. The number of hydrogen-bond acceptors (Lipinski definition) is 4. The predicted molar refractivity (Wildman–Crippen MR) is 91.8 cm³/mol. The Balaban J connectivity index is 1.79. The Kier molecular flexibility index (Phi) is 6.43. The number of carbonyl (C=O) groups is 1. The Morgan fingerprint density at radius 2 is 2.04 bits per heavy atom. The third-order valence-electron chi connectivity index (χ3n) is 3.37. The summed E-state index contributed by atoms with van der Waals surface area (Å²) in [6.07, 6.45) is -0.679. The standard InChI is InChI=1S/C17H22N2O3S/c1-3-22-14-8-6-13(7-9-14)12(2)19-17(21)18-11-15(20)16-5-4-10-23-16/h4-10,12,15,20H,3,11H2,1-2H3,(H2,18,19,21)/t12-,15+/m1/s1. The zero-order chi connectivity index (χ0) is 16.7. The summed E-state index contributed by atoms with van der Waals surface area (Å²) >= 11 is 1.47. The molecule has 1 heterocycles. The molecule has 124 valence electrons. The minimum absolute atomic E-state index is 0.135. The van der Waals surface area contributed by atoms with Crippen molar-refractivity contribution < 1.29 is 14.6 Å². The van der Waals surface area contributed by atoms with Crippen LogP contribution in [0.1, 0.15) is 36.4 Å². The molecule has 2 aromatic rings. The second-order valence-corrected chi connectivity index (χ2v) is 6.09. The van der Waals surface area contributed by atoms with Crippen LogP contribution in [-0.2, 0) is 0 Å². The molecule has 0 fully saturated rings. The summed E-state index contributed by atoms with van der Waals surface area (Å²) in [5.74, 6) is 0.812. The van der Waals surface area contributed by atoms with E-state index < -0.39 is 6.10 Å². The fraction of sp³-hybridized carbons (Fsp3) is 0.353. The lowest BCUT2D eigenvalue weighted by atomic mass is 10.1. The van der Waals surface area contributed by atoms with Crippen LogP contribution in [0.2, 0.25) is 0 Å². The van der Waals surface area contributed by atoms with Gasteiger partial charge in [-0.2, -0.15) is 0 Å². The van der Waals surface area contributed by atoms with Crippen molar-refractivity contribution in [1.29, 1.82) is 0 Å². The quantitative estimate of drug-likeness (QED) is 0.728. The number of aliphatic hydroxyl groups is 1. The highest BCUT2D eigenvalue weighted by molar-refractivity contribution is 7.10. The predicted octanol–water partition coefficient (Wildman–Crippen LogP) is 3.24. The summed E-state index contributed by atoms with van der Waals surface area (Å²) in [5.41, 5.74) is 0.988. The molecule has 0 unspecified atom stereocenters. The van der Waals surface area contributed by atoms with Gasteiger partial charge in [0.1, 0.15) is 11.9 Å². The number of aliphatic hydroxyl groups excluding tert-OH is 1. The van der Waals surface area contributed by atoms with Crippen LogP contribution in [-0.4, -0.2) is 24.3 Å². The van der Waals surface area contributed by atoms with E-state index in [1.54, 1.807) is 0 Å². The average Bonchev–Trinajstić information content (AvgIpc) is 3.08. The van der Waals surface area contributed by atoms with Crippen LogP contribution in [0.4, 0.5) is 4.79 Å². The van der Waals surface area contributed by atoms with E-state index in [1.165, 1.54) is 11.3 Å². The minimum Gasteiger partial charge on any atom is -0.494 e. The molecule has 5 nitrogen and oxygen atoms in total. The van der Waals surface area contributed by atoms with E-state index in [9.17, 15) is 9.90 Å². The third kappa shape index (κ3) is 5.26. The summed E-state index contributed by atoms with van der Waals surface area (Å²) in [6.45, 7) is 4.66. The summed E-state index contributed by atoms with van der Waals surface area (Å²) < 4.78 is 5.40. The van der Waals surface area contributed by atoms with Crippen molar-refractivity contribution in [3.05, 3.63) is 52.2 Å². The lowest BCUT2D eigenvalue weighted by molar-refractivity contribution is 0.176. The van der Waals surface area contributed by atoms with Crippen molar-refractivity contribution in [1.82, 2.24) is 10.6 Å². The van der Waals surface area contributed by atoms with Gasteiger partial charge in [0, 0.05) is 4.88 Å². The number of rotatable bonds is 7. The number of nitrogens with one attached hydrogen (secondary N) is 2. The van der Waals surface area contributed by atoms with E-state index in [2.05, 4.69) is 10.6 Å². The zero-order valence-corrected chi connectivity index (χ0v) is 14.1. The van der Waals surface area contributed by atoms with E-state index in [0.717, 1.165) is 16.2 Å².